The molecular weight excluding hydrogens is 326 g/mol. The van der Waals surface area contributed by atoms with E-state index in [0.29, 0.717) is 21.6 Å². The van der Waals surface area contributed by atoms with E-state index in [9.17, 15) is 0 Å². The molecule has 0 aliphatic heterocycles. The van der Waals surface area contributed by atoms with Crippen LogP contribution in [0.25, 0.3) is 0 Å². The number of anilines is 1. The van der Waals surface area contributed by atoms with Gasteiger partial charge in [0.2, 0.25) is 0 Å². The number of nitrogens with two attached hydrogens (primary N) is 1. The van der Waals surface area contributed by atoms with Gasteiger partial charge in [0.25, 0.3) is 0 Å². The van der Waals surface area contributed by atoms with Gasteiger partial charge < -0.3 is 5.01 Å². The van der Waals surface area contributed by atoms with E-state index in [-0.39, 0.29) is 12.4 Å². The van der Waals surface area contributed by atoms with E-state index >= 15 is 0 Å². The van der Waals surface area contributed by atoms with E-state index in [1.165, 1.54) is 0 Å². The molecule has 0 aliphatic rings. The highest BCUT2D eigenvalue weighted by atomic mass is 35.5. The lowest BCUT2D eigenvalue weighted by molar-refractivity contribution is 0.853. The van der Waals surface area contributed by atoms with E-state index < -0.39 is 0 Å². The van der Waals surface area contributed by atoms with E-state index in [1.807, 2.05) is 24.3 Å². The highest BCUT2D eigenvalue weighted by Crippen LogP contribution is 2.28. The summed E-state index contributed by atoms with van der Waals surface area (Å²) in [5.41, 5.74) is 1.78. The Labute approximate surface area is 133 Å². The SMILES string of the molecule is Cl.NN(Cc1ccc(Cl)cc1)c1ccc(Cl)cc1Cl. The zero-order chi connectivity index (χ0) is 13.1. The van der Waals surface area contributed by atoms with Crippen molar-refractivity contribution in [1.29, 1.82) is 0 Å². The predicted octanol–water partition coefficient (Wildman–Crippen LogP) is 4.95. The molecule has 0 saturated carbocycles. The molecule has 0 radical (unpaired) electrons. The maximum Gasteiger partial charge on any atom is 0.0708 e. The molecule has 6 heteroatoms. The predicted molar refractivity (Wildman–Crippen MR) is 85.5 cm³/mol. The summed E-state index contributed by atoms with van der Waals surface area (Å²) in [6, 6.07) is 12.7. The van der Waals surface area contributed by atoms with Crippen molar-refractivity contribution in [2.45, 2.75) is 6.54 Å². The highest BCUT2D eigenvalue weighted by Gasteiger charge is 2.07. The fourth-order valence-electron chi connectivity index (χ4n) is 1.59. The first-order chi connectivity index (χ1) is 8.56. The molecule has 0 aliphatic carbocycles. The molecule has 0 atom stereocenters. The van der Waals surface area contributed by atoms with Gasteiger partial charge in [0.15, 0.2) is 0 Å². The zero-order valence-electron chi connectivity index (χ0n) is 9.82. The van der Waals surface area contributed by atoms with Crippen molar-refractivity contribution in [3.8, 4) is 0 Å². The number of rotatable bonds is 3. The highest BCUT2D eigenvalue weighted by molar-refractivity contribution is 6.36. The topological polar surface area (TPSA) is 29.3 Å². The molecule has 0 bridgehead atoms. The molecule has 2 aromatic carbocycles. The second-order valence-corrected chi connectivity index (χ2v) is 5.13. The zero-order valence-corrected chi connectivity index (χ0v) is 12.9. The Kier molecular flexibility index (Phi) is 6.24. The Morgan fingerprint density at radius 2 is 1.47 bits per heavy atom. The first kappa shape index (κ1) is 16.4. The van der Waals surface area contributed by atoms with Crippen LogP contribution in [0.15, 0.2) is 42.5 Å². The molecule has 2 nitrogen and oxygen atoms in total. The van der Waals surface area contributed by atoms with Crippen molar-refractivity contribution in [2.75, 3.05) is 5.01 Å². The van der Waals surface area contributed by atoms with Crippen molar-refractivity contribution in [2.24, 2.45) is 5.84 Å². The van der Waals surface area contributed by atoms with Gasteiger partial charge in [0, 0.05) is 10.0 Å². The minimum absolute atomic E-state index is 0. The third-order valence-electron chi connectivity index (χ3n) is 2.49. The number of hydrogen-bond acceptors (Lipinski definition) is 2. The number of nitrogens with zero attached hydrogens (tertiary/aromatic N) is 1. The Morgan fingerprint density at radius 3 is 2.05 bits per heavy atom. The maximum absolute atomic E-state index is 6.09. The molecule has 102 valence electrons. The molecule has 19 heavy (non-hydrogen) atoms. The number of hydrogen-bond donors (Lipinski definition) is 1. The minimum Gasteiger partial charge on any atom is -0.305 e. The molecule has 0 amide bonds. The summed E-state index contributed by atoms with van der Waals surface area (Å²) in [4.78, 5) is 0. The lowest BCUT2D eigenvalue weighted by Gasteiger charge is -2.20. The van der Waals surface area contributed by atoms with Crippen LogP contribution in [0, 0.1) is 0 Å². The van der Waals surface area contributed by atoms with Gasteiger partial charge in [-0.25, -0.2) is 5.84 Å². The standard InChI is InChI=1S/C13H11Cl3N2.ClH/c14-10-3-1-9(2-4-10)8-18(17)13-6-5-11(15)7-12(13)16;/h1-7H,8,17H2;1H. The fourth-order valence-corrected chi connectivity index (χ4v) is 2.23. The molecule has 0 unspecified atom stereocenters. The van der Waals surface area contributed by atoms with Crippen molar-refractivity contribution >= 4 is 52.9 Å². The van der Waals surface area contributed by atoms with Crippen LogP contribution in [-0.2, 0) is 6.54 Å². The van der Waals surface area contributed by atoms with Gasteiger partial charge in [0.1, 0.15) is 0 Å². The summed E-state index contributed by atoms with van der Waals surface area (Å²) >= 11 is 17.8. The van der Waals surface area contributed by atoms with Crippen LogP contribution in [0.1, 0.15) is 5.56 Å². The van der Waals surface area contributed by atoms with Gasteiger partial charge in [0.05, 0.1) is 17.3 Å². The molecule has 0 saturated heterocycles. The molecule has 2 N–H and O–H groups in total. The molecule has 0 fully saturated rings. The normalized spacial score (nSPS) is 9.89. The van der Waals surface area contributed by atoms with Crippen molar-refractivity contribution in [3.63, 3.8) is 0 Å². The first-order valence-corrected chi connectivity index (χ1v) is 6.41. The lowest BCUT2D eigenvalue weighted by atomic mass is 10.2. The molecular formula is C13H12Cl4N2. The lowest BCUT2D eigenvalue weighted by Crippen LogP contribution is -2.30. The van der Waals surface area contributed by atoms with Crippen molar-refractivity contribution in [1.82, 2.24) is 0 Å². The summed E-state index contributed by atoms with van der Waals surface area (Å²) < 4.78 is 0. The van der Waals surface area contributed by atoms with E-state index in [0.717, 1.165) is 11.3 Å². The van der Waals surface area contributed by atoms with Crippen molar-refractivity contribution in [3.05, 3.63) is 63.1 Å². The largest absolute Gasteiger partial charge is 0.305 e. The van der Waals surface area contributed by atoms with Crippen LogP contribution in [0.5, 0.6) is 0 Å². The minimum atomic E-state index is 0. The van der Waals surface area contributed by atoms with E-state index in [2.05, 4.69) is 0 Å². The van der Waals surface area contributed by atoms with Gasteiger partial charge in [-0.1, -0.05) is 46.9 Å². The summed E-state index contributed by atoms with van der Waals surface area (Å²) in [5.74, 6) is 5.99. The van der Waals surface area contributed by atoms with Crippen LogP contribution in [-0.4, -0.2) is 0 Å². The summed E-state index contributed by atoms with van der Waals surface area (Å²) in [5, 5.41) is 3.39. The van der Waals surface area contributed by atoms with Gasteiger partial charge in [-0.15, -0.1) is 12.4 Å². The van der Waals surface area contributed by atoms with Gasteiger partial charge in [-0.3, -0.25) is 0 Å². The van der Waals surface area contributed by atoms with Crippen LogP contribution in [0.2, 0.25) is 15.1 Å². The number of hydrazine groups is 1. The average molecular weight is 338 g/mol. The van der Waals surface area contributed by atoms with E-state index in [4.69, 9.17) is 40.6 Å². The molecule has 0 aromatic heterocycles. The second-order valence-electron chi connectivity index (χ2n) is 3.85. The van der Waals surface area contributed by atoms with Crippen LogP contribution in [0.3, 0.4) is 0 Å². The monoisotopic (exact) mass is 336 g/mol. The summed E-state index contributed by atoms with van der Waals surface area (Å²) in [7, 11) is 0. The van der Waals surface area contributed by atoms with Gasteiger partial charge >= 0.3 is 0 Å². The number of benzene rings is 2. The van der Waals surface area contributed by atoms with Gasteiger partial charge in [-0.2, -0.15) is 0 Å². The van der Waals surface area contributed by atoms with Crippen LogP contribution < -0.4 is 10.9 Å². The third kappa shape index (κ3) is 4.44. The Morgan fingerprint density at radius 1 is 0.895 bits per heavy atom. The first-order valence-electron chi connectivity index (χ1n) is 5.28. The third-order valence-corrected chi connectivity index (χ3v) is 3.28. The van der Waals surface area contributed by atoms with Crippen LogP contribution >= 0.6 is 47.2 Å². The molecule has 2 rings (SSSR count). The Bertz CT molecular complexity index is 543. The number of halogens is 4. The molecule has 0 spiro atoms. The van der Waals surface area contributed by atoms with E-state index in [1.54, 1.807) is 23.2 Å². The maximum atomic E-state index is 6.09. The fraction of sp³-hybridized carbons (Fsp3) is 0.0769. The molecule has 0 heterocycles. The second kappa shape index (κ2) is 7.22. The Hall–Kier alpha value is -0.640. The van der Waals surface area contributed by atoms with Crippen LogP contribution in [0.4, 0.5) is 5.69 Å². The summed E-state index contributed by atoms with van der Waals surface area (Å²) in [6.45, 7) is 0.540. The van der Waals surface area contributed by atoms with Crippen molar-refractivity contribution < 1.29 is 0 Å². The summed E-state index contributed by atoms with van der Waals surface area (Å²) in [6.07, 6.45) is 0. The van der Waals surface area contributed by atoms with Gasteiger partial charge in [-0.05, 0) is 35.9 Å². The molecule has 2 aromatic rings. The Balaban J connectivity index is 0.00000180. The quantitative estimate of drug-likeness (QED) is 0.634. The average Bonchev–Trinajstić information content (AvgIpc) is 2.32. The smallest absolute Gasteiger partial charge is 0.0708 e.